The summed E-state index contributed by atoms with van der Waals surface area (Å²) in [6.07, 6.45) is 0. The lowest BCUT2D eigenvalue weighted by atomic mass is 10.0. The summed E-state index contributed by atoms with van der Waals surface area (Å²) in [6, 6.07) is 19.2. The molecular weight excluding hydrogens is 336 g/mol. The Bertz CT molecular complexity index is 818. The van der Waals surface area contributed by atoms with Gasteiger partial charge in [0.2, 0.25) is 0 Å². The Balaban J connectivity index is 0.00000208. The Morgan fingerprint density at radius 2 is 1.67 bits per heavy atom. The molecule has 0 amide bonds. The van der Waals surface area contributed by atoms with E-state index < -0.39 is 0 Å². The maximum Gasteiger partial charge on any atom is 0.105 e. The van der Waals surface area contributed by atoms with Crippen molar-refractivity contribution >= 4 is 35.1 Å². The lowest BCUT2D eigenvalue weighted by Gasteiger charge is -2.14. The second-order valence-corrected chi connectivity index (χ2v) is 7.08. The normalized spacial score (nSPS) is 10.8. The van der Waals surface area contributed by atoms with Gasteiger partial charge in [-0.2, -0.15) is 0 Å². The number of pyridine rings is 1. The van der Waals surface area contributed by atoms with E-state index in [2.05, 4.69) is 80.5 Å². The fraction of sp³-hybridized carbons (Fsp3) is 0.250. The Morgan fingerprint density at radius 1 is 0.958 bits per heavy atom. The summed E-state index contributed by atoms with van der Waals surface area (Å²) in [5.74, 6) is 1.04. The molecule has 0 aliphatic carbocycles. The number of fused-ring (bicyclic) bond motifs is 1. The Labute approximate surface area is 154 Å². The second kappa shape index (κ2) is 8.52. The quantitative estimate of drug-likeness (QED) is 0.577. The molecule has 2 nitrogen and oxygen atoms in total. The number of aryl methyl sites for hydroxylation is 1. The average molecular weight is 359 g/mol. The number of rotatable bonds is 5. The Hall–Kier alpha value is -1.55. The predicted octanol–water partition coefficient (Wildman–Crippen LogP) is 5.29. The molecule has 0 aliphatic rings. The highest BCUT2D eigenvalue weighted by molar-refractivity contribution is 7.99. The molecule has 4 heteroatoms. The number of benzene rings is 2. The molecule has 3 rings (SSSR count). The van der Waals surface area contributed by atoms with Crippen LogP contribution in [0.1, 0.15) is 5.56 Å². The zero-order chi connectivity index (χ0) is 16.2. The van der Waals surface area contributed by atoms with E-state index in [1.807, 2.05) is 11.8 Å². The van der Waals surface area contributed by atoms with Gasteiger partial charge < -0.3 is 4.90 Å². The van der Waals surface area contributed by atoms with Crippen LogP contribution >= 0.6 is 24.2 Å². The van der Waals surface area contributed by atoms with Crippen molar-refractivity contribution in [2.75, 3.05) is 26.4 Å². The largest absolute Gasteiger partial charge is 0.309 e. The average Bonchev–Trinajstić information content (AvgIpc) is 2.54. The van der Waals surface area contributed by atoms with Crippen molar-refractivity contribution in [2.45, 2.75) is 11.9 Å². The third-order valence-corrected chi connectivity index (χ3v) is 4.87. The summed E-state index contributed by atoms with van der Waals surface area (Å²) in [6.45, 7) is 3.21. The molecule has 126 valence electrons. The summed E-state index contributed by atoms with van der Waals surface area (Å²) >= 11 is 1.84. The van der Waals surface area contributed by atoms with Crippen molar-refractivity contribution in [1.29, 1.82) is 0 Å². The van der Waals surface area contributed by atoms with E-state index in [0.29, 0.717) is 0 Å². The van der Waals surface area contributed by atoms with Crippen LogP contribution in [0.3, 0.4) is 0 Å². The molecule has 0 fully saturated rings. The number of nitrogens with zero attached hydrogens (tertiary/aromatic N) is 2. The maximum atomic E-state index is 4.93. The number of para-hydroxylation sites is 1. The third-order valence-electron chi connectivity index (χ3n) is 3.90. The van der Waals surface area contributed by atoms with E-state index in [0.717, 1.165) is 22.8 Å². The van der Waals surface area contributed by atoms with Crippen LogP contribution in [0, 0.1) is 6.92 Å². The van der Waals surface area contributed by atoms with E-state index in [1.54, 1.807) is 0 Å². The highest BCUT2D eigenvalue weighted by Crippen LogP contribution is 2.34. The lowest BCUT2D eigenvalue weighted by molar-refractivity contribution is 0.437. The van der Waals surface area contributed by atoms with Gasteiger partial charge >= 0.3 is 0 Å². The van der Waals surface area contributed by atoms with E-state index >= 15 is 0 Å². The molecule has 0 radical (unpaired) electrons. The predicted molar refractivity (Wildman–Crippen MR) is 108 cm³/mol. The van der Waals surface area contributed by atoms with Crippen LogP contribution in [-0.4, -0.2) is 36.3 Å². The molecule has 24 heavy (non-hydrogen) atoms. The van der Waals surface area contributed by atoms with E-state index in [1.165, 1.54) is 22.1 Å². The summed E-state index contributed by atoms with van der Waals surface area (Å²) in [5, 5.41) is 2.32. The van der Waals surface area contributed by atoms with Gasteiger partial charge in [0.05, 0.1) is 5.52 Å². The molecule has 0 atom stereocenters. The first-order chi connectivity index (χ1) is 11.1. The zero-order valence-electron chi connectivity index (χ0n) is 14.3. The second-order valence-electron chi connectivity index (χ2n) is 6.00. The van der Waals surface area contributed by atoms with Gasteiger partial charge in [0.1, 0.15) is 5.03 Å². The van der Waals surface area contributed by atoms with Gasteiger partial charge in [-0.1, -0.05) is 42.5 Å². The summed E-state index contributed by atoms with van der Waals surface area (Å²) in [7, 11) is 4.22. The Morgan fingerprint density at radius 3 is 2.42 bits per heavy atom. The molecule has 0 unspecified atom stereocenters. The monoisotopic (exact) mass is 358 g/mol. The fourth-order valence-electron chi connectivity index (χ4n) is 2.60. The molecule has 2 aromatic carbocycles. The molecule has 0 spiro atoms. The number of hydrogen-bond donors (Lipinski definition) is 0. The van der Waals surface area contributed by atoms with Crippen LogP contribution in [0.2, 0.25) is 0 Å². The minimum absolute atomic E-state index is 0. The standard InChI is InChI=1S/C20H22N2S.ClH/c1-15-8-4-6-10-17(15)18-14-16-9-5-7-11-19(16)21-20(18)23-13-12-22(2)3;/h4-11,14H,12-13H2,1-3H3;1H. The molecule has 0 aliphatic heterocycles. The number of hydrogen-bond acceptors (Lipinski definition) is 3. The van der Waals surface area contributed by atoms with Gasteiger partial charge in [0.15, 0.2) is 0 Å². The smallest absolute Gasteiger partial charge is 0.105 e. The van der Waals surface area contributed by atoms with Crippen LogP contribution in [0.25, 0.3) is 22.0 Å². The molecule has 0 saturated heterocycles. The van der Waals surface area contributed by atoms with Crippen molar-refractivity contribution in [3.63, 3.8) is 0 Å². The molecule has 0 saturated carbocycles. The number of aromatic nitrogens is 1. The minimum Gasteiger partial charge on any atom is -0.309 e. The summed E-state index contributed by atoms with van der Waals surface area (Å²) in [4.78, 5) is 7.14. The van der Waals surface area contributed by atoms with Gasteiger partial charge in [-0.05, 0) is 44.3 Å². The van der Waals surface area contributed by atoms with E-state index in [-0.39, 0.29) is 12.4 Å². The molecule has 3 aromatic rings. The van der Waals surface area contributed by atoms with Gasteiger partial charge in [-0.3, -0.25) is 0 Å². The topological polar surface area (TPSA) is 16.1 Å². The number of thioether (sulfide) groups is 1. The molecule has 1 heterocycles. The highest BCUT2D eigenvalue weighted by atomic mass is 35.5. The van der Waals surface area contributed by atoms with Crippen molar-refractivity contribution in [3.05, 3.63) is 60.2 Å². The van der Waals surface area contributed by atoms with Crippen molar-refractivity contribution in [1.82, 2.24) is 9.88 Å². The van der Waals surface area contributed by atoms with Gasteiger partial charge in [0.25, 0.3) is 0 Å². The van der Waals surface area contributed by atoms with E-state index in [4.69, 9.17) is 4.98 Å². The lowest BCUT2D eigenvalue weighted by Crippen LogP contribution is -2.14. The zero-order valence-corrected chi connectivity index (χ0v) is 16.0. The summed E-state index contributed by atoms with van der Waals surface area (Å²) in [5.41, 5.74) is 4.87. The molecule has 0 N–H and O–H groups in total. The maximum absolute atomic E-state index is 4.93. The summed E-state index contributed by atoms with van der Waals surface area (Å²) < 4.78 is 0. The van der Waals surface area contributed by atoms with Crippen molar-refractivity contribution < 1.29 is 0 Å². The van der Waals surface area contributed by atoms with Gasteiger partial charge in [-0.15, -0.1) is 24.2 Å². The van der Waals surface area contributed by atoms with E-state index in [9.17, 15) is 0 Å². The number of halogens is 1. The SMILES string of the molecule is Cc1ccccc1-c1cc2ccccc2nc1SCCN(C)C.Cl. The van der Waals surface area contributed by atoms with Crippen molar-refractivity contribution in [2.24, 2.45) is 0 Å². The first kappa shape index (κ1) is 18.8. The first-order valence-corrected chi connectivity index (χ1v) is 8.87. The Kier molecular flexibility index (Phi) is 6.67. The van der Waals surface area contributed by atoms with Crippen LogP contribution in [-0.2, 0) is 0 Å². The molecule has 1 aromatic heterocycles. The van der Waals surface area contributed by atoms with Crippen molar-refractivity contribution in [3.8, 4) is 11.1 Å². The van der Waals surface area contributed by atoms with Crippen LogP contribution < -0.4 is 0 Å². The minimum atomic E-state index is 0. The first-order valence-electron chi connectivity index (χ1n) is 7.88. The fourth-order valence-corrected chi connectivity index (χ4v) is 3.74. The highest BCUT2D eigenvalue weighted by Gasteiger charge is 2.11. The van der Waals surface area contributed by atoms with Crippen LogP contribution in [0.15, 0.2) is 59.6 Å². The third kappa shape index (κ3) is 4.29. The van der Waals surface area contributed by atoms with Gasteiger partial charge in [0, 0.05) is 23.2 Å². The van der Waals surface area contributed by atoms with Gasteiger partial charge in [-0.25, -0.2) is 4.98 Å². The van der Waals surface area contributed by atoms with Crippen LogP contribution in [0.5, 0.6) is 0 Å². The molecule has 0 bridgehead atoms. The molecular formula is C20H23ClN2S. The van der Waals surface area contributed by atoms with Crippen LogP contribution in [0.4, 0.5) is 0 Å².